The van der Waals surface area contributed by atoms with E-state index in [4.69, 9.17) is 9.47 Å². The van der Waals surface area contributed by atoms with Crippen molar-refractivity contribution in [1.29, 1.82) is 0 Å². The molecular weight excluding hydrogens is 318 g/mol. The molecule has 1 atom stereocenters. The van der Waals surface area contributed by atoms with E-state index in [-0.39, 0.29) is 6.61 Å². The number of aryl methyl sites for hydroxylation is 1. The highest BCUT2D eigenvalue weighted by Crippen LogP contribution is 2.29. The first-order chi connectivity index (χ1) is 12.2. The lowest BCUT2D eigenvalue weighted by molar-refractivity contribution is 0.193. The van der Waals surface area contributed by atoms with E-state index in [1.807, 2.05) is 25.1 Å². The fourth-order valence-corrected chi connectivity index (χ4v) is 3.45. The number of hydrogen-bond acceptors (Lipinski definition) is 6. The molecule has 2 aliphatic rings. The molecule has 0 spiro atoms. The molecule has 0 saturated carbocycles. The minimum absolute atomic E-state index is 0.0335. The van der Waals surface area contributed by atoms with E-state index >= 15 is 0 Å². The number of aliphatic hydroxyl groups excluding tert-OH is 1. The Labute approximate surface area is 147 Å². The standard InChI is InChI=1S/C19H23N3O3/c1-13-20-17(15-4-6-24-12-15)9-19(21-13)22-5-7-25-18-3-2-14(11-23)8-16(18)10-22/h2-3,8-9,15,23H,4-7,10-12H2,1H3/t15-/m0/s1. The average molecular weight is 341 g/mol. The summed E-state index contributed by atoms with van der Waals surface area (Å²) >= 11 is 0. The predicted molar refractivity (Wildman–Crippen MR) is 93.9 cm³/mol. The second kappa shape index (κ2) is 6.98. The SMILES string of the molecule is Cc1nc([C@H]2CCOC2)cc(N2CCOc3ccc(CO)cc3C2)n1. The summed E-state index contributed by atoms with van der Waals surface area (Å²) in [5.41, 5.74) is 3.03. The third kappa shape index (κ3) is 3.45. The van der Waals surface area contributed by atoms with E-state index in [9.17, 15) is 5.11 Å². The fourth-order valence-electron chi connectivity index (χ4n) is 3.45. The van der Waals surface area contributed by atoms with Crippen molar-refractivity contribution in [2.24, 2.45) is 0 Å². The Balaban J connectivity index is 1.64. The van der Waals surface area contributed by atoms with Gasteiger partial charge in [-0.1, -0.05) is 6.07 Å². The first-order valence-electron chi connectivity index (χ1n) is 8.76. The number of nitrogens with zero attached hydrogens (tertiary/aromatic N) is 3. The van der Waals surface area contributed by atoms with Crippen LogP contribution in [0.1, 0.15) is 35.0 Å². The number of benzene rings is 1. The van der Waals surface area contributed by atoms with Gasteiger partial charge in [0.25, 0.3) is 0 Å². The van der Waals surface area contributed by atoms with Gasteiger partial charge in [-0.2, -0.15) is 0 Å². The van der Waals surface area contributed by atoms with Gasteiger partial charge < -0.3 is 19.5 Å². The van der Waals surface area contributed by atoms with Crippen LogP contribution < -0.4 is 9.64 Å². The van der Waals surface area contributed by atoms with Crippen LogP contribution in [0.3, 0.4) is 0 Å². The lowest BCUT2D eigenvalue weighted by Gasteiger charge is -2.22. The molecule has 0 radical (unpaired) electrons. The van der Waals surface area contributed by atoms with Gasteiger partial charge in [0.05, 0.1) is 25.5 Å². The largest absolute Gasteiger partial charge is 0.491 e. The number of anilines is 1. The summed E-state index contributed by atoms with van der Waals surface area (Å²) in [7, 11) is 0. The van der Waals surface area contributed by atoms with Crippen LogP contribution in [0.25, 0.3) is 0 Å². The van der Waals surface area contributed by atoms with Crippen molar-refractivity contribution >= 4 is 5.82 Å². The van der Waals surface area contributed by atoms with Gasteiger partial charge in [-0.25, -0.2) is 9.97 Å². The molecule has 1 aromatic heterocycles. The number of aliphatic hydroxyl groups is 1. The molecule has 132 valence electrons. The number of rotatable bonds is 3. The molecular formula is C19H23N3O3. The Kier molecular flexibility index (Phi) is 4.55. The van der Waals surface area contributed by atoms with E-state index in [0.717, 1.165) is 60.4 Å². The average Bonchev–Trinajstić information content (AvgIpc) is 3.07. The highest BCUT2D eigenvalue weighted by Gasteiger charge is 2.23. The van der Waals surface area contributed by atoms with E-state index in [0.29, 0.717) is 19.1 Å². The van der Waals surface area contributed by atoms with Gasteiger partial charge in [-0.15, -0.1) is 0 Å². The third-order valence-electron chi connectivity index (χ3n) is 4.80. The molecule has 1 aromatic carbocycles. The highest BCUT2D eigenvalue weighted by atomic mass is 16.5. The van der Waals surface area contributed by atoms with Gasteiger partial charge in [-0.05, 0) is 31.0 Å². The van der Waals surface area contributed by atoms with Crippen LogP contribution in [0.2, 0.25) is 0 Å². The second-order valence-electron chi connectivity index (χ2n) is 6.63. The molecule has 3 heterocycles. The molecule has 1 N–H and O–H groups in total. The Bertz CT molecular complexity index is 760. The highest BCUT2D eigenvalue weighted by molar-refractivity contribution is 5.46. The zero-order valence-corrected chi connectivity index (χ0v) is 14.4. The second-order valence-corrected chi connectivity index (χ2v) is 6.63. The van der Waals surface area contributed by atoms with Crippen LogP contribution in [0, 0.1) is 6.92 Å². The minimum atomic E-state index is 0.0335. The predicted octanol–water partition coefficient (Wildman–Crippen LogP) is 2.18. The van der Waals surface area contributed by atoms with Crippen LogP contribution >= 0.6 is 0 Å². The van der Waals surface area contributed by atoms with Gasteiger partial charge in [0.2, 0.25) is 0 Å². The Morgan fingerprint density at radius 1 is 1.24 bits per heavy atom. The van der Waals surface area contributed by atoms with E-state index in [1.54, 1.807) is 0 Å². The van der Waals surface area contributed by atoms with Crippen LogP contribution in [0.15, 0.2) is 24.3 Å². The van der Waals surface area contributed by atoms with Crippen molar-refractivity contribution in [3.05, 3.63) is 46.9 Å². The monoisotopic (exact) mass is 341 g/mol. The quantitative estimate of drug-likeness (QED) is 0.923. The Morgan fingerprint density at radius 2 is 2.16 bits per heavy atom. The number of ether oxygens (including phenoxy) is 2. The first-order valence-corrected chi connectivity index (χ1v) is 8.76. The molecule has 4 rings (SSSR count). The summed E-state index contributed by atoms with van der Waals surface area (Å²) in [5, 5.41) is 9.40. The summed E-state index contributed by atoms with van der Waals surface area (Å²) < 4.78 is 11.4. The molecule has 0 amide bonds. The van der Waals surface area contributed by atoms with E-state index in [2.05, 4.69) is 20.9 Å². The zero-order valence-electron chi connectivity index (χ0n) is 14.4. The minimum Gasteiger partial charge on any atom is -0.491 e. The first kappa shape index (κ1) is 16.3. The van der Waals surface area contributed by atoms with Crippen molar-refractivity contribution in [2.75, 3.05) is 31.3 Å². The van der Waals surface area contributed by atoms with Crippen molar-refractivity contribution in [3.63, 3.8) is 0 Å². The molecule has 2 aromatic rings. The summed E-state index contributed by atoms with van der Waals surface area (Å²) in [5.74, 6) is 2.96. The number of fused-ring (bicyclic) bond motifs is 1. The van der Waals surface area contributed by atoms with Crippen molar-refractivity contribution < 1.29 is 14.6 Å². The summed E-state index contributed by atoms with van der Waals surface area (Å²) in [6.45, 7) is 5.59. The van der Waals surface area contributed by atoms with Crippen LogP contribution in [0.4, 0.5) is 5.82 Å². The lowest BCUT2D eigenvalue weighted by atomic mass is 10.0. The summed E-state index contributed by atoms with van der Waals surface area (Å²) in [4.78, 5) is 11.5. The molecule has 0 bridgehead atoms. The number of aromatic nitrogens is 2. The Hall–Kier alpha value is -2.18. The smallest absolute Gasteiger partial charge is 0.132 e. The maximum atomic E-state index is 9.40. The fraction of sp³-hybridized carbons (Fsp3) is 0.474. The summed E-state index contributed by atoms with van der Waals surface area (Å²) in [6, 6.07) is 7.94. The van der Waals surface area contributed by atoms with Crippen molar-refractivity contribution in [1.82, 2.24) is 9.97 Å². The van der Waals surface area contributed by atoms with Gasteiger partial charge in [0.15, 0.2) is 0 Å². The zero-order chi connectivity index (χ0) is 17.2. The molecule has 1 saturated heterocycles. The molecule has 0 aliphatic carbocycles. The normalized spacial score (nSPS) is 20.1. The van der Waals surface area contributed by atoms with Crippen LogP contribution in [0.5, 0.6) is 5.75 Å². The molecule has 0 unspecified atom stereocenters. The van der Waals surface area contributed by atoms with E-state index < -0.39 is 0 Å². The van der Waals surface area contributed by atoms with Gasteiger partial charge in [-0.3, -0.25) is 0 Å². The van der Waals surface area contributed by atoms with E-state index in [1.165, 1.54) is 0 Å². The van der Waals surface area contributed by atoms with Crippen LogP contribution in [-0.2, 0) is 17.9 Å². The van der Waals surface area contributed by atoms with Gasteiger partial charge in [0.1, 0.15) is 24.0 Å². The van der Waals surface area contributed by atoms with Gasteiger partial charge >= 0.3 is 0 Å². The van der Waals surface area contributed by atoms with Crippen molar-refractivity contribution in [2.45, 2.75) is 32.4 Å². The number of hydrogen-bond donors (Lipinski definition) is 1. The Morgan fingerprint density at radius 3 is 2.96 bits per heavy atom. The summed E-state index contributed by atoms with van der Waals surface area (Å²) in [6.07, 6.45) is 1.02. The topological polar surface area (TPSA) is 67.7 Å². The van der Waals surface area contributed by atoms with Crippen molar-refractivity contribution in [3.8, 4) is 5.75 Å². The molecule has 1 fully saturated rings. The molecule has 6 nitrogen and oxygen atoms in total. The maximum absolute atomic E-state index is 9.40. The lowest BCUT2D eigenvalue weighted by Crippen LogP contribution is -2.27. The molecule has 6 heteroatoms. The van der Waals surface area contributed by atoms with Gasteiger partial charge in [0, 0.05) is 30.7 Å². The van der Waals surface area contributed by atoms with Crippen LogP contribution in [-0.4, -0.2) is 41.4 Å². The molecule has 25 heavy (non-hydrogen) atoms. The maximum Gasteiger partial charge on any atom is 0.132 e. The third-order valence-corrected chi connectivity index (χ3v) is 4.80. The molecule has 2 aliphatic heterocycles.